The molecule has 0 unspecified atom stereocenters. The van der Waals surface area contributed by atoms with Crippen molar-refractivity contribution in [3.05, 3.63) is 249 Å². The van der Waals surface area contributed by atoms with Crippen molar-refractivity contribution in [3.8, 4) is 66.8 Å². The first-order chi connectivity index (χ1) is 30.8. The van der Waals surface area contributed by atoms with Crippen molar-refractivity contribution in [2.24, 2.45) is 0 Å². The molecule has 0 bridgehead atoms. The summed E-state index contributed by atoms with van der Waals surface area (Å²) in [6.45, 7) is 0. The van der Waals surface area contributed by atoms with E-state index in [0.29, 0.717) is 0 Å². The number of hydrogen-bond acceptors (Lipinski definition) is 2. The number of para-hydroxylation sites is 1. The lowest BCUT2D eigenvalue weighted by molar-refractivity contribution is 1.28. The van der Waals surface area contributed by atoms with Gasteiger partial charge in [0, 0.05) is 42.6 Å². The fraction of sp³-hybridized carbons (Fsp3) is 0. The Labute approximate surface area is 367 Å². The predicted molar refractivity (Wildman–Crippen MR) is 267 cm³/mol. The molecule has 1 heterocycles. The van der Waals surface area contributed by atoms with Gasteiger partial charge in [-0.2, -0.15) is 0 Å². The van der Waals surface area contributed by atoms with E-state index >= 15 is 0 Å². The summed E-state index contributed by atoms with van der Waals surface area (Å²) in [5, 5.41) is 2.62. The molecular formula is C60H41NS. The van der Waals surface area contributed by atoms with E-state index in [9.17, 15) is 0 Å². The number of rotatable bonds is 9. The van der Waals surface area contributed by atoms with Crippen LogP contribution in [0.15, 0.2) is 249 Å². The number of fused-ring (bicyclic) bond motifs is 3. The van der Waals surface area contributed by atoms with Crippen molar-refractivity contribution in [2.75, 3.05) is 4.90 Å². The van der Waals surface area contributed by atoms with E-state index in [4.69, 9.17) is 0 Å². The molecule has 10 aromatic carbocycles. The molecule has 0 amide bonds. The highest BCUT2D eigenvalue weighted by Crippen LogP contribution is 2.47. The summed E-state index contributed by atoms with van der Waals surface area (Å²) < 4.78 is 2.63. The molecule has 292 valence electrons. The normalized spacial score (nSPS) is 11.2. The molecule has 0 spiro atoms. The predicted octanol–water partition coefficient (Wildman–Crippen LogP) is 17.5. The summed E-state index contributed by atoms with van der Waals surface area (Å²) in [6, 6.07) is 90.3. The topological polar surface area (TPSA) is 3.24 Å². The molecule has 0 atom stereocenters. The summed E-state index contributed by atoms with van der Waals surface area (Å²) in [5.41, 5.74) is 17.6. The molecule has 0 saturated heterocycles. The van der Waals surface area contributed by atoms with E-state index in [1.165, 1.54) is 75.8 Å². The third-order valence-electron chi connectivity index (χ3n) is 11.9. The number of hydrogen-bond donors (Lipinski definition) is 0. The first kappa shape index (κ1) is 37.2. The van der Waals surface area contributed by atoms with Gasteiger partial charge in [-0.25, -0.2) is 0 Å². The third kappa shape index (κ3) is 6.97. The van der Waals surface area contributed by atoms with Gasteiger partial charge in [0.15, 0.2) is 0 Å². The minimum atomic E-state index is 1.08. The Morgan fingerprint density at radius 3 is 1.42 bits per heavy atom. The first-order valence-corrected chi connectivity index (χ1v) is 22.0. The quantitative estimate of drug-likeness (QED) is 0.140. The van der Waals surface area contributed by atoms with Crippen molar-refractivity contribution in [3.63, 3.8) is 0 Å². The third-order valence-corrected chi connectivity index (χ3v) is 13.1. The Kier molecular flexibility index (Phi) is 9.82. The van der Waals surface area contributed by atoms with Crippen molar-refractivity contribution in [1.29, 1.82) is 0 Å². The van der Waals surface area contributed by atoms with Crippen molar-refractivity contribution < 1.29 is 0 Å². The second kappa shape index (κ2) is 16.3. The number of nitrogens with zero attached hydrogens (tertiary/aromatic N) is 1. The zero-order valence-electron chi connectivity index (χ0n) is 34.0. The van der Waals surface area contributed by atoms with Crippen LogP contribution in [0.1, 0.15) is 0 Å². The van der Waals surface area contributed by atoms with Gasteiger partial charge in [0.25, 0.3) is 0 Å². The molecule has 0 aliphatic rings. The summed E-state index contributed by atoms with van der Waals surface area (Å²) in [4.78, 5) is 2.44. The number of anilines is 3. The maximum absolute atomic E-state index is 2.44. The lowest BCUT2D eigenvalue weighted by Gasteiger charge is -2.30. The summed E-state index contributed by atoms with van der Waals surface area (Å²) in [6.07, 6.45) is 0. The highest BCUT2D eigenvalue weighted by Gasteiger charge is 2.22. The van der Waals surface area contributed by atoms with E-state index in [-0.39, 0.29) is 0 Å². The van der Waals surface area contributed by atoms with Gasteiger partial charge in [-0.3, -0.25) is 0 Å². The van der Waals surface area contributed by atoms with E-state index in [1.54, 1.807) is 0 Å². The number of thiophene rings is 1. The van der Waals surface area contributed by atoms with Gasteiger partial charge in [0.05, 0.1) is 11.4 Å². The van der Waals surface area contributed by atoms with Gasteiger partial charge in [-0.05, 0) is 92.5 Å². The highest BCUT2D eigenvalue weighted by molar-refractivity contribution is 7.26. The smallest absolute Gasteiger partial charge is 0.0540 e. The Bertz CT molecular complexity index is 3320. The van der Waals surface area contributed by atoms with Crippen LogP contribution in [0.2, 0.25) is 0 Å². The molecule has 0 N–H and O–H groups in total. The number of benzene rings is 10. The largest absolute Gasteiger partial charge is 0.309 e. The maximum atomic E-state index is 2.44. The fourth-order valence-electron chi connectivity index (χ4n) is 8.91. The molecule has 11 rings (SSSR count). The fourth-order valence-corrected chi connectivity index (χ4v) is 10.1. The SMILES string of the molecule is c1ccc(-c2ccc(N(c3ccc(-c4ccc(-c5ccccc5)c(-c5cccc6c5sc5ccccc56)c4)cc3)c3ccccc3-c3ccccc3)c(-c3ccccc3)c2)cc1. The van der Waals surface area contributed by atoms with Crippen molar-refractivity contribution in [2.45, 2.75) is 0 Å². The summed E-state index contributed by atoms with van der Waals surface area (Å²) >= 11 is 1.88. The molecule has 62 heavy (non-hydrogen) atoms. The van der Waals surface area contributed by atoms with Crippen molar-refractivity contribution >= 4 is 48.6 Å². The molecular weight excluding hydrogens is 767 g/mol. The van der Waals surface area contributed by atoms with Crippen LogP contribution in [0.3, 0.4) is 0 Å². The van der Waals surface area contributed by atoms with E-state index in [1.807, 2.05) is 11.3 Å². The lowest BCUT2D eigenvalue weighted by Crippen LogP contribution is -2.12. The average Bonchev–Trinajstić information content (AvgIpc) is 3.75. The second-order valence-corrected chi connectivity index (χ2v) is 16.7. The lowest BCUT2D eigenvalue weighted by atomic mass is 9.90. The average molecular weight is 808 g/mol. The Balaban J connectivity index is 1.08. The van der Waals surface area contributed by atoms with Gasteiger partial charge in [-0.1, -0.05) is 206 Å². The van der Waals surface area contributed by atoms with Crippen LogP contribution >= 0.6 is 11.3 Å². The molecule has 1 aromatic heterocycles. The van der Waals surface area contributed by atoms with Crippen LogP contribution in [-0.4, -0.2) is 0 Å². The van der Waals surface area contributed by atoms with Crippen LogP contribution < -0.4 is 4.90 Å². The van der Waals surface area contributed by atoms with Gasteiger partial charge in [0.1, 0.15) is 0 Å². The molecule has 0 saturated carbocycles. The minimum absolute atomic E-state index is 1.08. The molecule has 2 heteroatoms. The molecule has 1 nitrogen and oxygen atoms in total. The highest BCUT2D eigenvalue weighted by atomic mass is 32.1. The van der Waals surface area contributed by atoms with Crippen LogP contribution in [0.4, 0.5) is 17.1 Å². The van der Waals surface area contributed by atoms with Crippen LogP contribution in [-0.2, 0) is 0 Å². The second-order valence-electron chi connectivity index (χ2n) is 15.6. The maximum Gasteiger partial charge on any atom is 0.0540 e. The van der Waals surface area contributed by atoms with Crippen LogP contribution in [0, 0.1) is 0 Å². The van der Waals surface area contributed by atoms with Crippen LogP contribution in [0.5, 0.6) is 0 Å². The zero-order chi connectivity index (χ0) is 41.2. The molecule has 0 aliphatic heterocycles. The molecule has 0 radical (unpaired) electrons. The van der Waals surface area contributed by atoms with E-state index < -0.39 is 0 Å². The van der Waals surface area contributed by atoms with Gasteiger partial charge in [0.2, 0.25) is 0 Å². The standard InChI is InChI=1S/C60H41NS/c1-5-18-42(19-6-1)48-35-39-58(55(40-48)46-24-11-4-12-25-46)61(57-30-15-13-26-51(57)45-22-9-3-10-23-45)49-36-32-43(33-37-49)47-34-38-50(44-20-7-2-8-21-44)56(41-47)54-29-17-28-53-52-27-14-16-31-59(52)62-60(53)54/h1-41H. The Morgan fingerprint density at radius 2 is 0.726 bits per heavy atom. The molecule has 11 aromatic rings. The van der Waals surface area contributed by atoms with Gasteiger partial charge < -0.3 is 4.90 Å². The molecule has 0 aliphatic carbocycles. The molecule has 0 fully saturated rings. The van der Waals surface area contributed by atoms with E-state index in [2.05, 4.69) is 254 Å². The van der Waals surface area contributed by atoms with Gasteiger partial charge >= 0.3 is 0 Å². The minimum Gasteiger partial charge on any atom is -0.309 e. The van der Waals surface area contributed by atoms with Gasteiger partial charge in [-0.15, -0.1) is 11.3 Å². The first-order valence-electron chi connectivity index (χ1n) is 21.2. The summed E-state index contributed by atoms with van der Waals surface area (Å²) in [7, 11) is 0. The Morgan fingerprint density at radius 1 is 0.258 bits per heavy atom. The Hall–Kier alpha value is -7.78. The van der Waals surface area contributed by atoms with Crippen molar-refractivity contribution in [1.82, 2.24) is 0 Å². The van der Waals surface area contributed by atoms with Crippen LogP contribution in [0.25, 0.3) is 86.9 Å². The summed E-state index contributed by atoms with van der Waals surface area (Å²) in [5.74, 6) is 0. The zero-order valence-corrected chi connectivity index (χ0v) is 34.8. The van der Waals surface area contributed by atoms with E-state index in [0.717, 1.165) is 28.2 Å². The monoisotopic (exact) mass is 807 g/mol.